The number of aliphatic hydroxyl groups is 1. The molecule has 6 nitrogen and oxygen atoms in total. The van der Waals surface area contributed by atoms with Gasteiger partial charge in [-0.2, -0.15) is 0 Å². The molecule has 2 atom stereocenters. The summed E-state index contributed by atoms with van der Waals surface area (Å²) in [5.41, 5.74) is 1.77. The number of urea groups is 1. The molecule has 0 bridgehead atoms. The predicted octanol–water partition coefficient (Wildman–Crippen LogP) is 1.86. The Balaban J connectivity index is 2.05. The van der Waals surface area contributed by atoms with Crippen LogP contribution in [0.3, 0.4) is 0 Å². The fourth-order valence-electron chi connectivity index (χ4n) is 2.42. The van der Waals surface area contributed by atoms with Gasteiger partial charge in [-0.05, 0) is 23.6 Å². The number of aliphatic hydroxyl groups excluding tert-OH is 1. The fraction of sp³-hybridized carbons (Fsp3) is 0.467. The number of hydrogen-bond acceptors (Lipinski definition) is 3. The minimum Gasteiger partial charge on any atom is -0.480 e. The molecule has 21 heavy (non-hydrogen) atoms. The quantitative estimate of drug-likeness (QED) is 0.793. The zero-order valence-electron chi connectivity index (χ0n) is 12.1. The molecular formula is C15H20N2O4. The van der Waals surface area contributed by atoms with Crippen molar-refractivity contribution >= 4 is 17.7 Å². The SMILES string of the molecule is CC(C)c1ccc(NC(=O)N2CC(O)CC2C(=O)O)cc1. The van der Waals surface area contributed by atoms with Crippen LogP contribution in [-0.2, 0) is 4.79 Å². The Kier molecular flexibility index (Phi) is 4.47. The molecule has 1 heterocycles. The number of nitrogens with zero attached hydrogens (tertiary/aromatic N) is 1. The number of aliphatic carboxylic acids is 1. The maximum absolute atomic E-state index is 12.1. The van der Waals surface area contributed by atoms with Crippen LogP contribution in [0.1, 0.15) is 31.7 Å². The Morgan fingerprint density at radius 1 is 1.29 bits per heavy atom. The van der Waals surface area contributed by atoms with Gasteiger partial charge >= 0.3 is 12.0 Å². The van der Waals surface area contributed by atoms with Gasteiger partial charge < -0.3 is 20.4 Å². The van der Waals surface area contributed by atoms with Crippen molar-refractivity contribution in [1.29, 1.82) is 0 Å². The Hall–Kier alpha value is -2.08. The Morgan fingerprint density at radius 2 is 1.90 bits per heavy atom. The van der Waals surface area contributed by atoms with Gasteiger partial charge in [-0.15, -0.1) is 0 Å². The van der Waals surface area contributed by atoms with E-state index in [4.69, 9.17) is 5.11 Å². The zero-order valence-corrected chi connectivity index (χ0v) is 12.1. The van der Waals surface area contributed by atoms with Gasteiger partial charge in [0, 0.05) is 18.7 Å². The van der Waals surface area contributed by atoms with Gasteiger partial charge in [-0.3, -0.25) is 0 Å². The van der Waals surface area contributed by atoms with E-state index in [2.05, 4.69) is 19.2 Å². The van der Waals surface area contributed by atoms with Gasteiger partial charge in [0.1, 0.15) is 6.04 Å². The van der Waals surface area contributed by atoms with Crippen LogP contribution < -0.4 is 5.32 Å². The summed E-state index contributed by atoms with van der Waals surface area (Å²) in [5, 5.41) is 21.3. The lowest BCUT2D eigenvalue weighted by Crippen LogP contribution is -2.43. The first-order valence-corrected chi connectivity index (χ1v) is 6.97. The van der Waals surface area contributed by atoms with Crippen molar-refractivity contribution in [3.8, 4) is 0 Å². The first-order chi connectivity index (χ1) is 9.88. The van der Waals surface area contributed by atoms with Gasteiger partial charge in [0.05, 0.1) is 6.10 Å². The number of β-amino-alcohol motifs (C(OH)–C–C–N with tert-alkyl or cyclic N) is 1. The van der Waals surface area contributed by atoms with Crippen LogP contribution in [0.2, 0.25) is 0 Å². The van der Waals surface area contributed by atoms with E-state index in [0.29, 0.717) is 11.6 Å². The topological polar surface area (TPSA) is 89.9 Å². The summed E-state index contributed by atoms with van der Waals surface area (Å²) in [6.07, 6.45) is -0.727. The number of anilines is 1. The average molecular weight is 292 g/mol. The first-order valence-electron chi connectivity index (χ1n) is 6.97. The number of carboxylic acids is 1. The highest BCUT2D eigenvalue weighted by Crippen LogP contribution is 2.21. The third kappa shape index (κ3) is 3.52. The summed E-state index contributed by atoms with van der Waals surface area (Å²) in [6, 6.07) is 5.94. The van der Waals surface area contributed by atoms with Crippen LogP contribution in [0, 0.1) is 0 Å². The van der Waals surface area contributed by atoms with E-state index in [1.807, 2.05) is 12.1 Å². The maximum atomic E-state index is 12.1. The second-order valence-corrected chi connectivity index (χ2v) is 5.60. The molecule has 0 spiro atoms. The van der Waals surface area contributed by atoms with Gasteiger partial charge in [0.25, 0.3) is 0 Å². The van der Waals surface area contributed by atoms with Crippen molar-refractivity contribution < 1.29 is 19.8 Å². The van der Waals surface area contributed by atoms with Gasteiger partial charge in [-0.1, -0.05) is 26.0 Å². The van der Waals surface area contributed by atoms with E-state index in [0.717, 1.165) is 10.5 Å². The number of likely N-dealkylation sites (tertiary alicyclic amines) is 1. The standard InChI is InChI=1S/C15H20N2O4/c1-9(2)10-3-5-11(6-4-10)16-15(21)17-8-12(18)7-13(17)14(19)20/h3-6,9,12-13,18H,7-8H2,1-2H3,(H,16,21)(H,19,20). The number of amides is 2. The fourth-order valence-corrected chi connectivity index (χ4v) is 2.42. The molecule has 114 valence electrons. The number of hydrogen-bond donors (Lipinski definition) is 3. The van der Waals surface area contributed by atoms with E-state index >= 15 is 0 Å². The second-order valence-electron chi connectivity index (χ2n) is 5.60. The largest absolute Gasteiger partial charge is 0.480 e. The normalized spacial score (nSPS) is 21.6. The van der Waals surface area contributed by atoms with Crippen LogP contribution in [0.15, 0.2) is 24.3 Å². The highest BCUT2D eigenvalue weighted by molar-refractivity contribution is 5.92. The molecule has 0 aliphatic carbocycles. The minimum atomic E-state index is -1.10. The molecule has 1 aromatic rings. The predicted molar refractivity (Wildman–Crippen MR) is 78.3 cm³/mol. The van der Waals surface area contributed by atoms with Crippen molar-refractivity contribution in [3.05, 3.63) is 29.8 Å². The second kappa shape index (κ2) is 6.13. The molecule has 1 fully saturated rings. The number of carboxylic acid groups (broad SMARTS) is 1. The summed E-state index contributed by atoms with van der Waals surface area (Å²) >= 11 is 0. The average Bonchev–Trinajstić information content (AvgIpc) is 2.82. The van der Waals surface area contributed by atoms with E-state index in [9.17, 15) is 14.7 Å². The first kappa shape index (κ1) is 15.3. The minimum absolute atomic E-state index is 0.0346. The summed E-state index contributed by atoms with van der Waals surface area (Å²) in [7, 11) is 0. The third-order valence-corrected chi connectivity index (χ3v) is 3.65. The molecule has 6 heteroatoms. The van der Waals surface area contributed by atoms with Crippen molar-refractivity contribution in [2.24, 2.45) is 0 Å². The Labute approximate surface area is 123 Å². The van der Waals surface area contributed by atoms with Crippen LogP contribution in [0.25, 0.3) is 0 Å². The molecule has 0 saturated carbocycles. The number of nitrogens with one attached hydrogen (secondary N) is 1. The molecule has 0 radical (unpaired) electrons. The van der Waals surface area contributed by atoms with E-state index in [1.54, 1.807) is 12.1 Å². The molecule has 3 N–H and O–H groups in total. The van der Waals surface area contributed by atoms with Crippen molar-refractivity contribution in [2.75, 3.05) is 11.9 Å². The summed E-state index contributed by atoms with van der Waals surface area (Å²) < 4.78 is 0. The molecule has 2 rings (SSSR count). The van der Waals surface area contributed by atoms with Crippen LogP contribution >= 0.6 is 0 Å². The third-order valence-electron chi connectivity index (χ3n) is 3.65. The zero-order chi connectivity index (χ0) is 15.6. The van der Waals surface area contributed by atoms with Gasteiger partial charge in [-0.25, -0.2) is 9.59 Å². The van der Waals surface area contributed by atoms with Crippen molar-refractivity contribution in [1.82, 2.24) is 4.90 Å². The monoisotopic (exact) mass is 292 g/mol. The van der Waals surface area contributed by atoms with Gasteiger partial charge in [0.15, 0.2) is 0 Å². The number of carbonyl (C=O) groups excluding carboxylic acids is 1. The number of rotatable bonds is 3. The molecule has 0 aromatic heterocycles. The Morgan fingerprint density at radius 3 is 2.43 bits per heavy atom. The van der Waals surface area contributed by atoms with Crippen molar-refractivity contribution in [3.63, 3.8) is 0 Å². The lowest BCUT2D eigenvalue weighted by Gasteiger charge is -2.21. The lowest BCUT2D eigenvalue weighted by atomic mass is 10.0. The number of carbonyl (C=O) groups is 2. The van der Waals surface area contributed by atoms with Crippen LogP contribution in [0.4, 0.5) is 10.5 Å². The summed E-state index contributed by atoms with van der Waals surface area (Å²) in [6.45, 7) is 4.19. The molecule has 1 saturated heterocycles. The smallest absolute Gasteiger partial charge is 0.326 e. The summed E-state index contributed by atoms with van der Waals surface area (Å²) in [4.78, 5) is 24.4. The van der Waals surface area contributed by atoms with Crippen molar-refractivity contribution in [2.45, 2.75) is 38.3 Å². The Bertz CT molecular complexity index is 527. The van der Waals surface area contributed by atoms with E-state index in [-0.39, 0.29) is 13.0 Å². The summed E-state index contributed by atoms with van der Waals surface area (Å²) in [5.74, 6) is -0.697. The molecule has 1 aliphatic heterocycles. The van der Waals surface area contributed by atoms with E-state index in [1.165, 1.54) is 0 Å². The van der Waals surface area contributed by atoms with Crippen LogP contribution in [0.5, 0.6) is 0 Å². The lowest BCUT2D eigenvalue weighted by molar-refractivity contribution is -0.141. The number of benzene rings is 1. The maximum Gasteiger partial charge on any atom is 0.326 e. The highest BCUT2D eigenvalue weighted by Gasteiger charge is 2.38. The molecular weight excluding hydrogens is 272 g/mol. The highest BCUT2D eigenvalue weighted by atomic mass is 16.4. The van der Waals surface area contributed by atoms with Gasteiger partial charge in [0.2, 0.25) is 0 Å². The molecule has 2 amide bonds. The molecule has 1 aliphatic rings. The molecule has 1 aromatic carbocycles. The van der Waals surface area contributed by atoms with Crippen LogP contribution in [-0.4, -0.2) is 45.8 Å². The molecule has 2 unspecified atom stereocenters. The van der Waals surface area contributed by atoms with E-state index < -0.39 is 24.1 Å².